The normalized spacial score (nSPS) is 10.7. The molecule has 0 spiro atoms. The zero-order valence-corrected chi connectivity index (χ0v) is 10.3. The van der Waals surface area contributed by atoms with Gasteiger partial charge in [-0.1, -0.05) is 13.8 Å². The molecule has 0 unspecified atom stereocenters. The van der Waals surface area contributed by atoms with Crippen LogP contribution in [0, 0.1) is 0 Å². The number of nitrogens with zero attached hydrogens (tertiary/aromatic N) is 1. The molecule has 0 amide bonds. The van der Waals surface area contributed by atoms with Crippen molar-refractivity contribution in [1.29, 1.82) is 0 Å². The predicted molar refractivity (Wildman–Crippen MR) is 61.4 cm³/mol. The lowest BCUT2D eigenvalue weighted by atomic mass is 10.0. The van der Waals surface area contributed by atoms with Crippen molar-refractivity contribution in [2.24, 2.45) is 0 Å². The molecule has 4 heteroatoms. The molecule has 0 aliphatic rings. The molecule has 0 aliphatic heterocycles. The first-order chi connectivity index (χ1) is 7.22. The van der Waals surface area contributed by atoms with Gasteiger partial charge in [0.1, 0.15) is 0 Å². The highest BCUT2D eigenvalue weighted by Gasteiger charge is 2.15. The highest BCUT2D eigenvalue weighted by molar-refractivity contribution is 7.11. The van der Waals surface area contributed by atoms with Crippen molar-refractivity contribution in [3.8, 4) is 0 Å². The number of esters is 1. The smallest absolute Gasteiger partial charge is 0.367 e. The number of thiazole rings is 1. The number of carbonyl (C=O) groups excluding carboxylic acids is 1. The fourth-order valence-corrected chi connectivity index (χ4v) is 2.26. The Hall–Kier alpha value is -0.900. The van der Waals surface area contributed by atoms with Gasteiger partial charge in [-0.25, -0.2) is 9.78 Å². The Labute approximate surface area is 94.5 Å². The second-order valence-electron chi connectivity index (χ2n) is 3.31. The van der Waals surface area contributed by atoms with Gasteiger partial charge in [0, 0.05) is 11.3 Å². The highest BCUT2D eigenvalue weighted by Crippen LogP contribution is 2.24. The van der Waals surface area contributed by atoms with Crippen molar-refractivity contribution in [2.75, 3.05) is 6.61 Å². The SMILES string of the molecule is CCOC(=O)c1nc(C(CC)CC)cs1. The summed E-state index contributed by atoms with van der Waals surface area (Å²) in [6.07, 6.45) is 2.12. The minimum Gasteiger partial charge on any atom is -0.461 e. The number of aromatic nitrogens is 1. The number of hydrogen-bond donors (Lipinski definition) is 0. The molecule has 0 saturated heterocycles. The molecular weight excluding hydrogens is 210 g/mol. The van der Waals surface area contributed by atoms with Crippen LogP contribution in [-0.2, 0) is 4.74 Å². The van der Waals surface area contributed by atoms with Crippen LogP contribution in [0.1, 0.15) is 55.0 Å². The molecule has 0 aromatic carbocycles. The average Bonchev–Trinajstić information content (AvgIpc) is 2.69. The minimum atomic E-state index is -0.306. The van der Waals surface area contributed by atoms with Crippen molar-refractivity contribution >= 4 is 17.3 Å². The fourth-order valence-electron chi connectivity index (χ4n) is 1.47. The third kappa shape index (κ3) is 3.02. The van der Waals surface area contributed by atoms with Gasteiger partial charge in [0.15, 0.2) is 0 Å². The lowest BCUT2D eigenvalue weighted by Crippen LogP contribution is -2.05. The lowest BCUT2D eigenvalue weighted by Gasteiger charge is -2.07. The third-order valence-corrected chi connectivity index (χ3v) is 3.22. The fraction of sp³-hybridized carbons (Fsp3) is 0.636. The molecule has 1 aromatic rings. The lowest BCUT2D eigenvalue weighted by molar-refractivity contribution is 0.0525. The number of rotatable bonds is 5. The van der Waals surface area contributed by atoms with E-state index >= 15 is 0 Å². The average molecular weight is 227 g/mol. The van der Waals surface area contributed by atoms with Crippen LogP contribution in [0.2, 0.25) is 0 Å². The Balaban J connectivity index is 2.75. The van der Waals surface area contributed by atoms with Crippen LogP contribution in [0.25, 0.3) is 0 Å². The van der Waals surface area contributed by atoms with Gasteiger partial charge in [0.2, 0.25) is 5.01 Å². The molecule has 84 valence electrons. The maximum Gasteiger partial charge on any atom is 0.367 e. The quantitative estimate of drug-likeness (QED) is 0.725. The number of ether oxygens (including phenoxy) is 1. The molecule has 0 fully saturated rings. The summed E-state index contributed by atoms with van der Waals surface area (Å²) in [7, 11) is 0. The second kappa shape index (κ2) is 5.85. The zero-order chi connectivity index (χ0) is 11.3. The van der Waals surface area contributed by atoms with Gasteiger partial charge in [-0.15, -0.1) is 11.3 Å². The molecule has 1 heterocycles. The van der Waals surface area contributed by atoms with Crippen LogP contribution in [0.4, 0.5) is 0 Å². The Morgan fingerprint density at radius 1 is 1.47 bits per heavy atom. The van der Waals surface area contributed by atoms with Gasteiger partial charge in [-0.05, 0) is 19.8 Å². The molecule has 0 N–H and O–H groups in total. The maximum absolute atomic E-state index is 11.4. The van der Waals surface area contributed by atoms with Gasteiger partial charge in [-0.2, -0.15) is 0 Å². The van der Waals surface area contributed by atoms with Gasteiger partial charge in [0.25, 0.3) is 0 Å². The van der Waals surface area contributed by atoms with Gasteiger partial charge in [0.05, 0.1) is 12.3 Å². The van der Waals surface area contributed by atoms with Gasteiger partial charge < -0.3 is 4.74 Å². The van der Waals surface area contributed by atoms with Gasteiger partial charge >= 0.3 is 5.97 Å². The van der Waals surface area contributed by atoms with Gasteiger partial charge in [-0.3, -0.25) is 0 Å². The van der Waals surface area contributed by atoms with Crippen LogP contribution in [0.3, 0.4) is 0 Å². The zero-order valence-electron chi connectivity index (χ0n) is 9.45. The first kappa shape index (κ1) is 12.2. The van der Waals surface area contributed by atoms with E-state index < -0.39 is 0 Å². The molecule has 3 nitrogen and oxygen atoms in total. The first-order valence-electron chi connectivity index (χ1n) is 5.35. The summed E-state index contributed by atoms with van der Waals surface area (Å²) < 4.78 is 4.90. The van der Waals surface area contributed by atoms with E-state index in [9.17, 15) is 4.79 Å². The Morgan fingerprint density at radius 3 is 2.67 bits per heavy atom. The molecule has 15 heavy (non-hydrogen) atoms. The molecule has 0 bridgehead atoms. The molecular formula is C11H17NO2S. The van der Waals surface area contributed by atoms with Crippen molar-refractivity contribution in [1.82, 2.24) is 4.98 Å². The highest BCUT2D eigenvalue weighted by atomic mass is 32.1. The summed E-state index contributed by atoms with van der Waals surface area (Å²) in [6.45, 7) is 6.47. The molecule has 0 radical (unpaired) electrons. The predicted octanol–water partition coefficient (Wildman–Crippen LogP) is 3.22. The molecule has 1 aromatic heterocycles. The van der Waals surface area contributed by atoms with E-state index in [4.69, 9.17) is 4.74 Å². The Morgan fingerprint density at radius 2 is 2.13 bits per heavy atom. The molecule has 0 aliphatic carbocycles. The van der Waals surface area contributed by atoms with E-state index in [1.165, 1.54) is 11.3 Å². The van der Waals surface area contributed by atoms with E-state index in [1.807, 2.05) is 5.38 Å². The number of hydrogen-bond acceptors (Lipinski definition) is 4. The third-order valence-electron chi connectivity index (χ3n) is 2.38. The van der Waals surface area contributed by atoms with E-state index in [0.29, 0.717) is 17.5 Å². The summed E-state index contributed by atoms with van der Waals surface area (Å²) in [5.74, 6) is 0.157. The topological polar surface area (TPSA) is 39.2 Å². The second-order valence-corrected chi connectivity index (χ2v) is 4.17. The van der Waals surface area contributed by atoms with Crippen molar-refractivity contribution < 1.29 is 9.53 Å². The van der Waals surface area contributed by atoms with Crippen molar-refractivity contribution in [2.45, 2.75) is 39.5 Å². The van der Waals surface area contributed by atoms with Crippen molar-refractivity contribution in [3.63, 3.8) is 0 Å². The Bertz CT molecular complexity index is 318. The molecule has 0 atom stereocenters. The van der Waals surface area contributed by atoms with Crippen LogP contribution < -0.4 is 0 Å². The first-order valence-corrected chi connectivity index (χ1v) is 6.23. The van der Waals surface area contributed by atoms with E-state index in [0.717, 1.165) is 18.5 Å². The molecule has 0 saturated carbocycles. The van der Waals surface area contributed by atoms with E-state index in [-0.39, 0.29) is 5.97 Å². The minimum absolute atomic E-state index is 0.306. The standard InChI is InChI=1S/C11H17NO2S/c1-4-8(5-2)9-7-15-10(12-9)11(13)14-6-3/h7-8H,4-6H2,1-3H3. The summed E-state index contributed by atoms with van der Waals surface area (Å²) >= 11 is 1.37. The van der Waals surface area contributed by atoms with E-state index in [2.05, 4.69) is 18.8 Å². The Kier molecular flexibility index (Phi) is 4.75. The molecule has 1 rings (SSSR count). The van der Waals surface area contributed by atoms with Crippen LogP contribution in [0.5, 0.6) is 0 Å². The van der Waals surface area contributed by atoms with Crippen LogP contribution >= 0.6 is 11.3 Å². The van der Waals surface area contributed by atoms with Crippen molar-refractivity contribution in [3.05, 3.63) is 16.1 Å². The monoisotopic (exact) mass is 227 g/mol. The van der Waals surface area contributed by atoms with Crippen LogP contribution in [-0.4, -0.2) is 17.6 Å². The summed E-state index contributed by atoms with van der Waals surface area (Å²) in [5.41, 5.74) is 1.02. The summed E-state index contributed by atoms with van der Waals surface area (Å²) in [6, 6.07) is 0. The maximum atomic E-state index is 11.4. The summed E-state index contributed by atoms with van der Waals surface area (Å²) in [5, 5.41) is 2.43. The number of carbonyl (C=O) groups is 1. The largest absolute Gasteiger partial charge is 0.461 e. The van der Waals surface area contributed by atoms with Crippen LogP contribution in [0.15, 0.2) is 5.38 Å². The summed E-state index contributed by atoms with van der Waals surface area (Å²) in [4.78, 5) is 15.7. The van der Waals surface area contributed by atoms with E-state index in [1.54, 1.807) is 6.92 Å².